The minimum Gasteiger partial charge on any atom is -0.312 e. The predicted molar refractivity (Wildman–Crippen MR) is 86.6 cm³/mol. The van der Waals surface area contributed by atoms with Crippen molar-refractivity contribution < 1.29 is 4.79 Å². The fourth-order valence-corrected chi connectivity index (χ4v) is 1.51. The number of hydrogen-bond donors (Lipinski definition) is 0. The number of anilines is 1. The Bertz CT molecular complexity index is 306. The number of nitrogens with zero attached hydrogens (tertiary/aromatic N) is 1. The van der Waals surface area contributed by atoms with Gasteiger partial charge in [-0.1, -0.05) is 66.7 Å². The lowest BCUT2D eigenvalue weighted by atomic mass is 10.1. The van der Waals surface area contributed by atoms with Gasteiger partial charge in [-0.3, -0.25) is 4.79 Å². The van der Waals surface area contributed by atoms with E-state index in [2.05, 4.69) is 6.92 Å². The second-order valence-corrected chi connectivity index (χ2v) is 3.98. The number of hydrogen-bond acceptors (Lipinski definition) is 1. The molecule has 110 valence electrons. The minimum atomic E-state index is 0.0526. The molecular weight excluding hydrogens is 234 g/mol. The van der Waals surface area contributed by atoms with Gasteiger partial charge in [0, 0.05) is 18.2 Å². The van der Waals surface area contributed by atoms with Crippen LogP contribution in [0.4, 0.5) is 5.69 Å². The van der Waals surface area contributed by atoms with Crippen LogP contribution < -0.4 is 4.90 Å². The molecule has 0 fully saturated rings. The third kappa shape index (κ3) is 7.66. The normalized spacial score (nSPS) is 8.84. The lowest BCUT2D eigenvalue weighted by molar-refractivity contribution is -0.121. The van der Waals surface area contributed by atoms with Crippen LogP contribution >= 0.6 is 0 Å². The monoisotopic (exact) mass is 265 g/mol. The standard InChI is InChI=1S/C13H19NO.2C2H6/c1-4-10-14(13(15)11(2)3)12-8-6-5-7-9-12;2*1-2/h5-9,11H,4,10H2,1-3H3;2*1-2H3. The van der Waals surface area contributed by atoms with Crippen LogP contribution in [0.3, 0.4) is 0 Å². The Morgan fingerprint density at radius 1 is 1.05 bits per heavy atom. The van der Waals surface area contributed by atoms with Gasteiger partial charge in [0.05, 0.1) is 0 Å². The lowest BCUT2D eigenvalue weighted by Gasteiger charge is -2.24. The zero-order chi connectivity index (χ0) is 15.3. The lowest BCUT2D eigenvalue weighted by Crippen LogP contribution is -2.34. The Hall–Kier alpha value is -1.31. The number of carbonyl (C=O) groups excluding carboxylic acids is 1. The maximum atomic E-state index is 12.0. The highest BCUT2D eigenvalue weighted by Crippen LogP contribution is 2.16. The molecule has 19 heavy (non-hydrogen) atoms. The molecule has 0 aliphatic heterocycles. The highest BCUT2D eigenvalue weighted by Gasteiger charge is 2.17. The zero-order valence-corrected chi connectivity index (χ0v) is 13.7. The third-order valence-corrected chi connectivity index (χ3v) is 2.28. The molecule has 0 saturated heterocycles. The van der Waals surface area contributed by atoms with Crippen molar-refractivity contribution in [2.75, 3.05) is 11.4 Å². The first-order valence-electron chi connectivity index (χ1n) is 7.53. The summed E-state index contributed by atoms with van der Waals surface area (Å²) in [5.74, 6) is 0.250. The molecule has 0 aliphatic rings. The van der Waals surface area contributed by atoms with Gasteiger partial charge < -0.3 is 4.90 Å². The summed E-state index contributed by atoms with van der Waals surface area (Å²) >= 11 is 0. The Morgan fingerprint density at radius 3 is 1.89 bits per heavy atom. The molecule has 1 aromatic rings. The van der Waals surface area contributed by atoms with Gasteiger partial charge in [-0.15, -0.1) is 0 Å². The number of amides is 1. The number of benzene rings is 1. The van der Waals surface area contributed by atoms with E-state index in [1.807, 2.05) is 76.8 Å². The van der Waals surface area contributed by atoms with Crippen LogP contribution in [0.25, 0.3) is 0 Å². The SMILES string of the molecule is CC.CC.CCCN(C(=O)C(C)C)c1ccccc1. The maximum absolute atomic E-state index is 12.0. The first-order chi connectivity index (χ1) is 9.16. The zero-order valence-electron chi connectivity index (χ0n) is 13.7. The Kier molecular flexibility index (Phi) is 13.8. The molecule has 0 unspecified atom stereocenters. The van der Waals surface area contributed by atoms with Crippen molar-refractivity contribution in [1.29, 1.82) is 0 Å². The van der Waals surface area contributed by atoms with Crippen LogP contribution in [0.2, 0.25) is 0 Å². The summed E-state index contributed by atoms with van der Waals surface area (Å²) in [6, 6.07) is 9.86. The van der Waals surface area contributed by atoms with Crippen molar-refractivity contribution in [3.05, 3.63) is 30.3 Å². The smallest absolute Gasteiger partial charge is 0.229 e. The van der Waals surface area contributed by atoms with Gasteiger partial charge in [0.15, 0.2) is 0 Å². The molecule has 0 aromatic heterocycles. The van der Waals surface area contributed by atoms with E-state index in [0.717, 1.165) is 18.7 Å². The summed E-state index contributed by atoms with van der Waals surface area (Å²) in [5.41, 5.74) is 0.998. The Balaban J connectivity index is 0. The quantitative estimate of drug-likeness (QED) is 0.738. The molecule has 0 heterocycles. The van der Waals surface area contributed by atoms with Crippen LogP contribution in [0.5, 0.6) is 0 Å². The molecular formula is C17H31NO. The van der Waals surface area contributed by atoms with Crippen LogP contribution in [-0.2, 0) is 4.79 Å². The van der Waals surface area contributed by atoms with Crippen molar-refractivity contribution >= 4 is 11.6 Å². The largest absolute Gasteiger partial charge is 0.312 e. The third-order valence-electron chi connectivity index (χ3n) is 2.28. The van der Waals surface area contributed by atoms with Crippen LogP contribution in [0.1, 0.15) is 54.9 Å². The second-order valence-electron chi connectivity index (χ2n) is 3.98. The molecule has 2 heteroatoms. The van der Waals surface area contributed by atoms with Crippen molar-refractivity contribution in [2.45, 2.75) is 54.9 Å². The van der Waals surface area contributed by atoms with Crippen LogP contribution in [0, 0.1) is 5.92 Å². The first-order valence-corrected chi connectivity index (χ1v) is 7.53. The Morgan fingerprint density at radius 2 is 1.53 bits per heavy atom. The predicted octanol–water partition coefficient (Wildman–Crippen LogP) is 5.14. The summed E-state index contributed by atoms with van der Waals surface area (Å²) in [4.78, 5) is 13.8. The topological polar surface area (TPSA) is 20.3 Å². The fraction of sp³-hybridized carbons (Fsp3) is 0.588. The molecule has 0 N–H and O–H groups in total. The van der Waals surface area contributed by atoms with Crippen molar-refractivity contribution in [3.63, 3.8) is 0 Å². The molecule has 0 atom stereocenters. The van der Waals surface area contributed by atoms with Gasteiger partial charge in [0.25, 0.3) is 0 Å². The van der Waals surface area contributed by atoms with Gasteiger partial charge in [0.2, 0.25) is 5.91 Å². The first kappa shape index (κ1) is 20.0. The van der Waals surface area contributed by atoms with Gasteiger partial charge in [-0.2, -0.15) is 0 Å². The van der Waals surface area contributed by atoms with Gasteiger partial charge >= 0.3 is 0 Å². The van der Waals surface area contributed by atoms with E-state index in [0.29, 0.717) is 0 Å². The van der Waals surface area contributed by atoms with Gasteiger partial charge in [-0.05, 0) is 18.6 Å². The summed E-state index contributed by atoms with van der Waals surface area (Å²) in [7, 11) is 0. The average molecular weight is 265 g/mol. The Labute approximate surface area is 119 Å². The molecule has 0 spiro atoms. The number of rotatable bonds is 4. The fourth-order valence-electron chi connectivity index (χ4n) is 1.51. The van der Waals surface area contributed by atoms with Crippen molar-refractivity contribution in [3.8, 4) is 0 Å². The molecule has 0 radical (unpaired) electrons. The molecule has 1 aromatic carbocycles. The molecule has 1 amide bonds. The van der Waals surface area contributed by atoms with Crippen LogP contribution in [-0.4, -0.2) is 12.5 Å². The van der Waals surface area contributed by atoms with E-state index in [1.54, 1.807) is 0 Å². The number of carbonyl (C=O) groups is 1. The maximum Gasteiger partial charge on any atom is 0.229 e. The van der Waals surface area contributed by atoms with Gasteiger partial charge in [-0.25, -0.2) is 0 Å². The van der Waals surface area contributed by atoms with E-state index < -0.39 is 0 Å². The number of para-hydroxylation sites is 1. The van der Waals surface area contributed by atoms with E-state index >= 15 is 0 Å². The van der Waals surface area contributed by atoms with Crippen molar-refractivity contribution in [1.82, 2.24) is 0 Å². The molecule has 0 aliphatic carbocycles. The summed E-state index contributed by atoms with van der Waals surface area (Å²) in [6.45, 7) is 14.8. The van der Waals surface area contributed by atoms with Crippen LogP contribution in [0.15, 0.2) is 30.3 Å². The summed E-state index contributed by atoms with van der Waals surface area (Å²) in [6.07, 6.45) is 0.980. The average Bonchev–Trinajstić information content (AvgIpc) is 2.49. The summed E-state index contributed by atoms with van der Waals surface area (Å²) in [5, 5.41) is 0. The van der Waals surface area contributed by atoms with E-state index in [1.165, 1.54) is 0 Å². The minimum absolute atomic E-state index is 0.0526. The second kappa shape index (κ2) is 13.1. The van der Waals surface area contributed by atoms with E-state index in [4.69, 9.17) is 0 Å². The molecule has 1 rings (SSSR count). The van der Waals surface area contributed by atoms with E-state index in [9.17, 15) is 4.79 Å². The van der Waals surface area contributed by atoms with Crippen molar-refractivity contribution in [2.24, 2.45) is 5.92 Å². The summed E-state index contributed by atoms with van der Waals surface area (Å²) < 4.78 is 0. The molecule has 2 nitrogen and oxygen atoms in total. The molecule has 0 saturated carbocycles. The highest BCUT2D eigenvalue weighted by molar-refractivity contribution is 5.94. The highest BCUT2D eigenvalue weighted by atomic mass is 16.2. The van der Waals surface area contributed by atoms with Gasteiger partial charge in [0.1, 0.15) is 0 Å². The van der Waals surface area contributed by atoms with E-state index in [-0.39, 0.29) is 11.8 Å². The molecule has 0 bridgehead atoms.